The molecule has 0 amide bonds. The Balaban J connectivity index is 2.89. The SMILES string of the molecule is CC(C#N)CNc1cc(C(F)(F)F)ccc1F. The molecule has 0 bridgehead atoms. The van der Waals surface area contributed by atoms with Crippen LogP contribution in [0.4, 0.5) is 23.2 Å². The van der Waals surface area contributed by atoms with Crippen molar-refractivity contribution in [2.45, 2.75) is 13.1 Å². The smallest absolute Gasteiger partial charge is 0.381 e. The molecule has 1 rings (SSSR count). The van der Waals surface area contributed by atoms with E-state index < -0.39 is 23.5 Å². The quantitative estimate of drug-likeness (QED) is 0.829. The van der Waals surface area contributed by atoms with Gasteiger partial charge in [-0.1, -0.05) is 0 Å². The molecule has 0 heterocycles. The zero-order chi connectivity index (χ0) is 13.1. The summed E-state index contributed by atoms with van der Waals surface area (Å²) in [6, 6.07) is 4.01. The van der Waals surface area contributed by atoms with Crippen molar-refractivity contribution >= 4 is 5.69 Å². The lowest BCUT2D eigenvalue weighted by Crippen LogP contribution is -2.12. The third-order valence-electron chi connectivity index (χ3n) is 2.11. The number of anilines is 1. The molecular formula is C11H10F4N2. The molecule has 1 atom stereocenters. The molecule has 2 nitrogen and oxygen atoms in total. The Morgan fingerprint density at radius 2 is 2.06 bits per heavy atom. The maximum Gasteiger partial charge on any atom is 0.416 e. The summed E-state index contributed by atoms with van der Waals surface area (Å²) < 4.78 is 50.3. The molecule has 0 fully saturated rings. The number of nitrogens with zero attached hydrogens (tertiary/aromatic N) is 1. The number of alkyl halides is 3. The largest absolute Gasteiger partial charge is 0.416 e. The van der Waals surface area contributed by atoms with Crippen LogP contribution in [0, 0.1) is 23.1 Å². The minimum absolute atomic E-state index is 0.0920. The molecule has 1 unspecified atom stereocenters. The monoisotopic (exact) mass is 246 g/mol. The third kappa shape index (κ3) is 3.63. The van der Waals surface area contributed by atoms with Crippen LogP contribution < -0.4 is 5.32 Å². The van der Waals surface area contributed by atoms with Crippen LogP contribution in [0.25, 0.3) is 0 Å². The topological polar surface area (TPSA) is 35.8 Å². The van der Waals surface area contributed by atoms with E-state index in [4.69, 9.17) is 5.26 Å². The first kappa shape index (κ1) is 13.3. The third-order valence-corrected chi connectivity index (χ3v) is 2.11. The van der Waals surface area contributed by atoms with Crippen LogP contribution in [0.5, 0.6) is 0 Å². The van der Waals surface area contributed by atoms with E-state index >= 15 is 0 Å². The van der Waals surface area contributed by atoms with Gasteiger partial charge >= 0.3 is 6.18 Å². The molecule has 92 valence electrons. The molecule has 0 saturated heterocycles. The van der Waals surface area contributed by atoms with Gasteiger partial charge in [0.15, 0.2) is 0 Å². The van der Waals surface area contributed by atoms with Crippen molar-refractivity contribution in [3.8, 4) is 6.07 Å². The second-order valence-corrected chi connectivity index (χ2v) is 3.60. The minimum atomic E-state index is -4.51. The Morgan fingerprint density at radius 3 is 2.59 bits per heavy atom. The zero-order valence-corrected chi connectivity index (χ0v) is 8.98. The Kier molecular flexibility index (Phi) is 3.94. The highest BCUT2D eigenvalue weighted by Gasteiger charge is 2.31. The number of rotatable bonds is 3. The lowest BCUT2D eigenvalue weighted by Gasteiger charge is -2.12. The van der Waals surface area contributed by atoms with Gasteiger partial charge in [-0.3, -0.25) is 0 Å². The second-order valence-electron chi connectivity index (χ2n) is 3.60. The van der Waals surface area contributed by atoms with E-state index in [9.17, 15) is 17.6 Å². The molecule has 0 spiro atoms. The molecule has 0 aliphatic rings. The molecule has 0 saturated carbocycles. The first-order chi connectivity index (χ1) is 7.84. The van der Waals surface area contributed by atoms with Crippen LogP contribution in [0.2, 0.25) is 0 Å². The van der Waals surface area contributed by atoms with Crippen molar-refractivity contribution in [2.24, 2.45) is 5.92 Å². The highest BCUT2D eigenvalue weighted by atomic mass is 19.4. The van der Waals surface area contributed by atoms with Crippen molar-refractivity contribution in [2.75, 3.05) is 11.9 Å². The highest BCUT2D eigenvalue weighted by Crippen LogP contribution is 2.31. The fourth-order valence-corrected chi connectivity index (χ4v) is 1.15. The molecule has 0 aliphatic heterocycles. The van der Waals surface area contributed by atoms with E-state index in [0.29, 0.717) is 12.1 Å². The van der Waals surface area contributed by atoms with E-state index in [-0.39, 0.29) is 12.2 Å². The van der Waals surface area contributed by atoms with Crippen LogP contribution in [0.15, 0.2) is 18.2 Å². The molecule has 0 radical (unpaired) electrons. The molecular weight excluding hydrogens is 236 g/mol. The highest BCUT2D eigenvalue weighted by molar-refractivity contribution is 5.48. The predicted octanol–water partition coefficient (Wildman–Crippen LogP) is 3.42. The maximum absolute atomic E-state index is 13.2. The van der Waals surface area contributed by atoms with Gasteiger partial charge in [-0.2, -0.15) is 18.4 Å². The standard InChI is InChI=1S/C11H10F4N2/c1-7(5-16)6-17-10-4-8(11(13,14)15)2-3-9(10)12/h2-4,7,17H,6H2,1H3. The van der Waals surface area contributed by atoms with E-state index in [1.54, 1.807) is 6.92 Å². The lowest BCUT2D eigenvalue weighted by atomic mass is 10.1. The number of nitrogens with one attached hydrogen (secondary N) is 1. The minimum Gasteiger partial charge on any atom is -0.381 e. The number of hydrogen-bond acceptors (Lipinski definition) is 2. The summed E-state index contributed by atoms with van der Waals surface area (Å²) in [5, 5.41) is 11.0. The maximum atomic E-state index is 13.2. The summed E-state index contributed by atoms with van der Waals surface area (Å²) in [6.45, 7) is 1.67. The van der Waals surface area contributed by atoms with Gasteiger partial charge in [0.25, 0.3) is 0 Å². The van der Waals surface area contributed by atoms with E-state index in [2.05, 4.69) is 5.32 Å². The number of hydrogen-bond donors (Lipinski definition) is 1. The molecule has 0 aliphatic carbocycles. The van der Waals surface area contributed by atoms with Crippen LogP contribution in [-0.2, 0) is 6.18 Å². The van der Waals surface area contributed by atoms with Gasteiger partial charge in [-0.15, -0.1) is 0 Å². The van der Waals surface area contributed by atoms with Crippen LogP contribution in [-0.4, -0.2) is 6.54 Å². The summed E-state index contributed by atoms with van der Waals surface area (Å²) in [7, 11) is 0. The Labute approximate surface area is 95.9 Å². The van der Waals surface area contributed by atoms with Crippen LogP contribution in [0.1, 0.15) is 12.5 Å². The fourth-order valence-electron chi connectivity index (χ4n) is 1.15. The van der Waals surface area contributed by atoms with Crippen molar-refractivity contribution in [3.63, 3.8) is 0 Å². The summed E-state index contributed by atoms with van der Waals surface area (Å²) in [4.78, 5) is 0. The summed E-state index contributed by atoms with van der Waals surface area (Å²) >= 11 is 0. The van der Waals surface area contributed by atoms with Gasteiger partial charge in [-0.05, 0) is 25.1 Å². The van der Waals surface area contributed by atoms with Crippen LogP contribution >= 0.6 is 0 Å². The van der Waals surface area contributed by atoms with Gasteiger partial charge in [0, 0.05) is 6.54 Å². The van der Waals surface area contributed by atoms with Crippen molar-refractivity contribution < 1.29 is 17.6 Å². The molecule has 6 heteroatoms. The number of benzene rings is 1. The Hall–Kier alpha value is -1.77. The first-order valence-corrected chi connectivity index (χ1v) is 4.85. The first-order valence-electron chi connectivity index (χ1n) is 4.85. The average Bonchev–Trinajstić information content (AvgIpc) is 2.26. The summed E-state index contributed by atoms with van der Waals surface area (Å²) in [5.74, 6) is -1.19. The van der Waals surface area contributed by atoms with Gasteiger partial charge in [0.2, 0.25) is 0 Å². The van der Waals surface area contributed by atoms with Gasteiger partial charge in [0.1, 0.15) is 5.82 Å². The molecule has 1 aromatic rings. The second kappa shape index (κ2) is 5.04. The number of halogens is 4. The molecule has 0 aromatic heterocycles. The van der Waals surface area contributed by atoms with Crippen molar-refractivity contribution in [1.29, 1.82) is 5.26 Å². The van der Waals surface area contributed by atoms with Crippen molar-refractivity contribution in [3.05, 3.63) is 29.6 Å². The zero-order valence-electron chi connectivity index (χ0n) is 8.98. The molecule has 1 N–H and O–H groups in total. The van der Waals surface area contributed by atoms with Crippen molar-refractivity contribution in [1.82, 2.24) is 0 Å². The summed E-state index contributed by atoms with van der Waals surface area (Å²) in [5.41, 5.74) is -1.17. The normalized spacial score (nSPS) is 12.9. The predicted molar refractivity (Wildman–Crippen MR) is 54.7 cm³/mol. The fraction of sp³-hybridized carbons (Fsp3) is 0.364. The average molecular weight is 246 g/mol. The lowest BCUT2D eigenvalue weighted by molar-refractivity contribution is -0.137. The number of nitriles is 1. The van der Waals surface area contributed by atoms with E-state index in [1.165, 1.54) is 0 Å². The molecule has 1 aromatic carbocycles. The van der Waals surface area contributed by atoms with Gasteiger partial charge in [-0.25, -0.2) is 4.39 Å². The Bertz CT molecular complexity index is 434. The molecule has 17 heavy (non-hydrogen) atoms. The Morgan fingerprint density at radius 1 is 1.41 bits per heavy atom. The van der Waals surface area contributed by atoms with Crippen LogP contribution in [0.3, 0.4) is 0 Å². The van der Waals surface area contributed by atoms with Gasteiger partial charge in [0.05, 0.1) is 23.2 Å². The summed E-state index contributed by atoms with van der Waals surface area (Å²) in [6.07, 6.45) is -4.51. The van der Waals surface area contributed by atoms with E-state index in [0.717, 1.165) is 6.07 Å². The van der Waals surface area contributed by atoms with E-state index in [1.807, 2.05) is 6.07 Å². The van der Waals surface area contributed by atoms with Gasteiger partial charge < -0.3 is 5.32 Å².